The van der Waals surface area contributed by atoms with E-state index in [0.717, 1.165) is 30.4 Å². The van der Waals surface area contributed by atoms with Crippen LogP contribution in [0, 0.1) is 5.92 Å². The largest absolute Gasteiger partial charge is 0.496 e. The van der Waals surface area contributed by atoms with Crippen LogP contribution in [0.1, 0.15) is 38.7 Å². The Hall–Kier alpha value is -1.02. The number of nitrogens with one attached hydrogen (secondary N) is 2. The Bertz CT molecular complexity index is 532. The number of guanidine groups is 1. The lowest BCUT2D eigenvalue weighted by molar-refractivity contribution is 0.201. The van der Waals surface area contributed by atoms with Crippen LogP contribution >= 0.6 is 24.0 Å². The standard InChI is InChI=1S/C20H34N4O.HI/c1-4-21-20(23-15-18-10-6-7-11-19(18)25-3)22-14-17(2)16-24-12-8-5-9-13-24;/h6-7,10-11,17H,4-5,8-9,12-16H2,1-3H3,(H2,21,22,23);1H. The molecule has 0 spiro atoms. The van der Waals surface area contributed by atoms with E-state index in [9.17, 15) is 0 Å². The lowest BCUT2D eigenvalue weighted by Crippen LogP contribution is -2.42. The van der Waals surface area contributed by atoms with Gasteiger partial charge in [-0.05, 0) is 44.8 Å². The normalized spacial score (nSPS) is 16.5. The highest BCUT2D eigenvalue weighted by molar-refractivity contribution is 14.0. The van der Waals surface area contributed by atoms with Crippen molar-refractivity contribution in [1.82, 2.24) is 15.5 Å². The number of hydrogen-bond donors (Lipinski definition) is 2. The second kappa shape index (κ2) is 13.2. The summed E-state index contributed by atoms with van der Waals surface area (Å²) in [4.78, 5) is 7.30. The summed E-state index contributed by atoms with van der Waals surface area (Å²) in [6.07, 6.45) is 4.09. The van der Waals surface area contributed by atoms with E-state index in [4.69, 9.17) is 9.73 Å². The first-order valence-electron chi connectivity index (χ1n) is 9.59. The van der Waals surface area contributed by atoms with E-state index < -0.39 is 0 Å². The molecule has 6 heteroatoms. The van der Waals surface area contributed by atoms with Crippen molar-refractivity contribution in [3.63, 3.8) is 0 Å². The molecule has 0 bridgehead atoms. The zero-order valence-corrected chi connectivity index (χ0v) is 18.8. The number of para-hydroxylation sites is 1. The minimum atomic E-state index is 0. The smallest absolute Gasteiger partial charge is 0.191 e. The van der Waals surface area contributed by atoms with E-state index in [0.29, 0.717) is 12.5 Å². The van der Waals surface area contributed by atoms with Gasteiger partial charge in [-0.3, -0.25) is 0 Å². The van der Waals surface area contributed by atoms with Crippen LogP contribution in [0.4, 0.5) is 0 Å². The van der Waals surface area contributed by atoms with Crippen LogP contribution < -0.4 is 15.4 Å². The van der Waals surface area contributed by atoms with Gasteiger partial charge in [-0.25, -0.2) is 4.99 Å². The summed E-state index contributed by atoms with van der Waals surface area (Å²) in [5, 5.41) is 6.82. The summed E-state index contributed by atoms with van der Waals surface area (Å²) >= 11 is 0. The highest BCUT2D eigenvalue weighted by Crippen LogP contribution is 2.17. The van der Waals surface area contributed by atoms with Crippen LogP contribution in [0.25, 0.3) is 0 Å². The van der Waals surface area contributed by atoms with Crippen molar-refractivity contribution in [2.45, 2.75) is 39.7 Å². The number of nitrogens with zero attached hydrogens (tertiary/aromatic N) is 2. The molecule has 0 amide bonds. The molecule has 2 rings (SSSR count). The third-order valence-corrected chi connectivity index (χ3v) is 4.58. The SMILES string of the molecule is CCNC(=NCc1ccccc1OC)NCC(C)CN1CCCCC1.I. The lowest BCUT2D eigenvalue weighted by Gasteiger charge is -2.29. The van der Waals surface area contributed by atoms with E-state index in [1.54, 1.807) is 7.11 Å². The number of methoxy groups -OCH3 is 1. The van der Waals surface area contributed by atoms with E-state index in [2.05, 4.69) is 35.4 Å². The van der Waals surface area contributed by atoms with Crippen LogP contribution in [-0.4, -0.2) is 50.7 Å². The van der Waals surface area contributed by atoms with E-state index in [-0.39, 0.29) is 24.0 Å². The quantitative estimate of drug-likeness (QED) is 0.344. The monoisotopic (exact) mass is 474 g/mol. The average molecular weight is 474 g/mol. The number of halogens is 1. The molecule has 1 unspecified atom stereocenters. The Labute approximate surface area is 176 Å². The zero-order valence-electron chi connectivity index (χ0n) is 16.5. The maximum atomic E-state index is 5.40. The average Bonchev–Trinajstić information content (AvgIpc) is 2.65. The van der Waals surface area contributed by atoms with Crippen molar-refractivity contribution < 1.29 is 4.74 Å². The molecular weight excluding hydrogens is 439 g/mol. The molecule has 1 aliphatic heterocycles. The van der Waals surface area contributed by atoms with Crippen molar-refractivity contribution >= 4 is 29.9 Å². The summed E-state index contributed by atoms with van der Waals surface area (Å²) < 4.78 is 5.40. The molecule has 1 fully saturated rings. The van der Waals surface area contributed by atoms with Crippen molar-refractivity contribution in [3.8, 4) is 5.75 Å². The van der Waals surface area contributed by atoms with Crippen molar-refractivity contribution in [2.75, 3.05) is 39.8 Å². The molecule has 1 aromatic carbocycles. The number of likely N-dealkylation sites (tertiary alicyclic amines) is 1. The second-order valence-corrected chi connectivity index (χ2v) is 6.85. The van der Waals surface area contributed by atoms with Gasteiger partial charge in [0, 0.05) is 25.2 Å². The molecule has 0 saturated carbocycles. The fourth-order valence-corrected chi connectivity index (χ4v) is 3.26. The van der Waals surface area contributed by atoms with Gasteiger partial charge in [-0.1, -0.05) is 31.5 Å². The molecule has 148 valence electrons. The van der Waals surface area contributed by atoms with Crippen LogP contribution in [0.15, 0.2) is 29.3 Å². The van der Waals surface area contributed by atoms with Crippen LogP contribution in [0.3, 0.4) is 0 Å². The van der Waals surface area contributed by atoms with E-state index in [1.807, 2.05) is 18.2 Å². The Balaban J connectivity index is 0.00000338. The summed E-state index contributed by atoms with van der Waals surface area (Å²) in [7, 11) is 1.70. The number of ether oxygens (including phenoxy) is 1. The topological polar surface area (TPSA) is 48.9 Å². The molecule has 1 saturated heterocycles. The number of piperidine rings is 1. The first-order chi connectivity index (χ1) is 12.2. The Morgan fingerprint density at radius 3 is 2.62 bits per heavy atom. The van der Waals surface area contributed by atoms with Gasteiger partial charge in [0.25, 0.3) is 0 Å². The van der Waals surface area contributed by atoms with E-state index in [1.165, 1.54) is 38.9 Å². The van der Waals surface area contributed by atoms with Gasteiger partial charge in [0.05, 0.1) is 13.7 Å². The number of aliphatic imine (C=N–C) groups is 1. The molecule has 2 N–H and O–H groups in total. The lowest BCUT2D eigenvalue weighted by atomic mass is 10.1. The minimum Gasteiger partial charge on any atom is -0.496 e. The Morgan fingerprint density at radius 1 is 1.19 bits per heavy atom. The fourth-order valence-electron chi connectivity index (χ4n) is 3.26. The third-order valence-electron chi connectivity index (χ3n) is 4.58. The first kappa shape index (κ1) is 23.0. The molecule has 1 atom stereocenters. The molecule has 5 nitrogen and oxygen atoms in total. The third kappa shape index (κ3) is 8.12. The van der Waals surface area contributed by atoms with Gasteiger partial charge in [-0.2, -0.15) is 0 Å². The van der Waals surface area contributed by atoms with Gasteiger partial charge in [0.1, 0.15) is 5.75 Å². The van der Waals surface area contributed by atoms with Crippen LogP contribution in [0.5, 0.6) is 5.75 Å². The fraction of sp³-hybridized carbons (Fsp3) is 0.650. The highest BCUT2D eigenvalue weighted by Gasteiger charge is 2.13. The molecule has 0 aromatic heterocycles. The zero-order chi connectivity index (χ0) is 17.9. The Kier molecular flexibility index (Phi) is 11.7. The van der Waals surface area contributed by atoms with Gasteiger partial charge < -0.3 is 20.3 Å². The molecular formula is C20H35IN4O. The predicted molar refractivity (Wildman–Crippen MR) is 121 cm³/mol. The Morgan fingerprint density at radius 2 is 1.92 bits per heavy atom. The van der Waals surface area contributed by atoms with Crippen molar-refractivity contribution in [1.29, 1.82) is 0 Å². The highest BCUT2D eigenvalue weighted by atomic mass is 127. The van der Waals surface area contributed by atoms with Crippen molar-refractivity contribution in [2.24, 2.45) is 10.9 Å². The summed E-state index contributed by atoms with van der Waals surface area (Å²) in [5.74, 6) is 2.37. The molecule has 26 heavy (non-hydrogen) atoms. The van der Waals surface area contributed by atoms with Crippen LogP contribution in [-0.2, 0) is 6.54 Å². The van der Waals surface area contributed by atoms with Gasteiger partial charge in [-0.15, -0.1) is 24.0 Å². The van der Waals surface area contributed by atoms with E-state index >= 15 is 0 Å². The molecule has 1 aromatic rings. The summed E-state index contributed by atoms with van der Waals surface area (Å²) in [6, 6.07) is 8.04. The number of hydrogen-bond acceptors (Lipinski definition) is 3. The maximum Gasteiger partial charge on any atom is 0.191 e. The van der Waals surface area contributed by atoms with Gasteiger partial charge in [0.15, 0.2) is 5.96 Å². The number of benzene rings is 1. The summed E-state index contributed by atoms with van der Waals surface area (Å²) in [5.41, 5.74) is 1.10. The molecule has 0 radical (unpaired) electrons. The van der Waals surface area contributed by atoms with Gasteiger partial charge >= 0.3 is 0 Å². The maximum absolute atomic E-state index is 5.40. The van der Waals surface area contributed by atoms with Crippen molar-refractivity contribution in [3.05, 3.63) is 29.8 Å². The minimum absolute atomic E-state index is 0. The molecule has 0 aliphatic carbocycles. The van der Waals surface area contributed by atoms with Gasteiger partial charge in [0.2, 0.25) is 0 Å². The number of rotatable bonds is 8. The molecule has 1 aliphatic rings. The molecule has 1 heterocycles. The van der Waals surface area contributed by atoms with Crippen LogP contribution in [0.2, 0.25) is 0 Å². The predicted octanol–water partition coefficient (Wildman–Crippen LogP) is 3.49. The summed E-state index contributed by atoms with van der Waals surface area (Å²) in [6.45, 7) is 10.5. The second-order valence-electron chi connectivity index (χ2n) is 6.85. The first-order valence-corrected chi connectivity index (χ1v) is 9.59.